The third kappa shape index (κ3) is 13.9. The molecule has 0 amide bonds. The number of aliphatic hydroxyl groups excluding tert-OH is 1. The Balaban J connectivity index is 2.94. The SMILES string of the molecule is CCCCCCCCCCCCOCC(O)C[O]. The average Bonchev–Trinajstić information content (AvgIpc) is 2.39. The first-order chi connectivity index (χ1) is 8.81. The van der Waals surface area contributed by atoms with Gasteiger partial charge in [-0.1, -0.05) is 64.7 Å². The standard InChI is InChI=1S/C15H31O3/c1-2-3-4-5-6-7-8-9-10-11-12-18-14-15(17)13-16/h15,17H,2-14H2,1H3. The zero-order valence-corrected chi connectivity index (χ0v) is 12.0. The van der Waals surface area contributed by atoms with Crippen molar-refractivity contribution in [3.8, 4) is 0 Å². The van der Waals surface area contributed by atoms with Crippen molar-refractivity contribution in [1.29, 1.82) is 0 Å². The maximum atomic E-state index is 10.2. The molecule has 1 N–H and O–H groups in total. The quantitative estimate of drug-likeness (QED) is 0.483. The lowest BCUT2D eigenvalue weighted by Gasteiger charge is -2.07. The van der Waals surface area contributed by atoms with Crippen molar-refractivity contribution in [2.24, 2.45) is 0 Å². The first kappa shape index (κ1) is 17.9. The Morgan fingerprint density at radius 2 is 1.39 bits per heavy atom. The number of unbranched alkanes of at least 4 members (excludes halogenated alkanes) is 9. The molecular weight excluding hydrogens is 228 g/mol. The van der Waals surface area contributed by atoms with Crippen LogP contribution in [0.3, 0.4) is 0 Å². The van der Waals surface area contributed by atoms with Crippen LogP contribution in [-0.2, 0) is 9.84 Å². The molecule has 0 aliphatic rings. The van der Waals surface area contributed by atoms with E-state index in [1.165, 1.54) is 57.8 Å². The van der Waals surface area contributed by atoms with Crippen molar-refractivity contribution in [2.45, 2.75) is 77.2 Å². The highest BCUT2D eigenvalue weighted by molar-refractivity contribution is 4.50. The number of hydrogen-bond donors (Lipinski definition) is 1. The van der Waals surface area contributed by atoms with Crippen molar-refractivity contribution >= 4 is 0 Å². The molecule has 1 radical (unpaired) electrons. The zero-order chi connectivity index (χ0) is 13.5. The summed E-state index contributed by atoms with van der Waals surface area (Å²) in [7, 11) is 0. The summed E-state index contributed by atoms with van der Waals surface area (Å²) < 4.78 is 5.21. The molecule has 0 fully saturated rings. The topological polar surface area (TPSA) is 49.4 Å². The third-order valence-electron chi connectivity index (χ3n) is 3.14. The molecule has 0 saturated heterocycles. The van der Waals surface area contributed by atoms with E-state index in [0.29, 0.717) is 6.61 Å². The number of ether oxygens (including phenoxy) is 1. The van der Waals surface area contributed by atoms with E-state index in [0.717, 1.165) is 6.42 Å². The minimum Gasteiger partial charge on any atom is -0.388 e. The minimum atomic E-state index is -0.826. The fraction of sp³-hybridized carbons (Fsp3) is 1.00. The molecule has 0 aliphatic carbocycles. The Morgan fingerprint density at radius 3 is 1.89 bits per heavy atom. The van der Waals surface area contributed by atoms with Crippen molar-refractivity contribution in [1.82, 2.24) is 0 Å². The summed E-state index contributed by atoms with van der Waals surface area (Å²) in [5.41, 5.74) is 0. The summed E-state index contributed by atoms with van der Waals surface area (Å²) in [6, 6.07) is 0. The molecule has 0 rings (SSSR count). The van der Waals surface area contributed by atoms with Gasteiger partial charge in [-0.25, -0.2) is 5.11 Å². The van der Waals surface area contributed by atoms with Gasteiger partial charge >= 0.3 is 0 Å². The van der Waals surface area contributed by atoms with Gasteiger partial charge in [-0.2, -0.15) is 0 Å². The molecular formula is C15H31O3. The molecule has 0 bridgehead atoms. The van der Waals surface area contributed by atoms with E-state index in [9.17, 15) is 5.11 Å². The van der Waals surface area contributed by atoms with Crippen molar-refractivity contribution in [3.05, 3.63) is 0 Å². The average molecular weight is 259 g/mol. The fourth-order valence-electron chi connectivity index (χ4n) is 1.96. The van der Waals surface area contributed by atoms with Gasteiger partial charge in [0.1, 0.15) is 12.7 Å². The number of hydrogen-bond acceptors (Lipinski definition) is 2. The van der Waals surface area contributed by atoms with Gasteiger partial charge in [0.2, 0.25) is 0 Å². The van der Waals surface area contributed by atoms with Gasteiger partial charge in [-0.05, 0) is 6.42 Å². The maximum Gasteiger partial charge on any atom is 0.110 e. The molecule has 109 valence electrons. The summed E-state index contributed by atoms with van der Waals surface area (Å²) in [6.45, 7) is 2.66. The molecule has 0 spiro atoms. The van der Waals surface area contributed by atoms with Gasteiger partial charge in [0, 0.05) is 6.61 Å². The molecule has 1 atom stereocenters. The summed E-state index contributed by atoms with van der Waals surface area (Å²) in [5.74, 6) is 0. The van der Waals surface area contributed by atoms with E-state index in [1.807, 2.05) is 0 Å². The van der Waals surface area contributed by atoms with Gasteiger partial charge < -0.3 is 9.84 Å². The fourth-order valence-corrected chi connectivity index (χ4v) is 1.96. The molecule has 0 aromatic heterocycles. The van der Waals surface area contributed by atoms with Crippen molar-refractivity contribution < 1.29 is 14.9 Å². The van der Waals surface area contributed by atoms with Crippen LogP contribution in [0.4, 0.5) is 0 Å². The molecule has 0 aromatic rings. The molecule has 18 heavy (non-hydrogen) atoms. The van der Waals surface area contributed by atoms with Crippen LogP contribution in [-0.4, -0.2) is 31.0 Å². The van der Waals surface area contributed by atoms with Crippen LogP contribution in [0.15, 0.2) is 0 Å². The highest BCUT2D eigenvalue weighted by Gasteiger charge is 2.01. The van der Waals surface area contributed by atoms with Crippen LogP contribution in [0.25, 0.3) is 0 Å². The predicted molar refractivity (Wildman–Crippen MR) is 74.2 cm³/mol. The molecule has 3 nitrogen and oxygen atoms in total. The summed E-state index contributed by atoms with van der Waals surface area (Å²) in [5, 5.41) is 19.2. The van der Waals surface area contributed by atoms with E-state index in [2.05, 4.69) is 6.92 Å². The number of aliphatic hydroxyl groups is 1. The Kier molecular flexibility index (Phi) is 14.8. The predicted octanol–water partition coefficient (Wildman–Crippen LogP) is 3.72. The van der Waals surface area contributed by atoms with Crippen molar-refractivity contribution in [3.63, 3.8) is 0 Å². The maximum absolute atomic E-state index is 10.2. The summed E-state index contributed by atoms with van der Waals surface area (Å²) >= 11 is 0. The minimum absolute atomic E-state index is 0.195. The highest BCUT2D eigenvalue weighted by Crippen LogP contribution is 2.10. The molecule has 3 heteroatoms. The second-order valence-corrected chi connectivity index (χ2v) is 5.08. The van der Waals surface area contributed by atoms with Crippen LogP contribution in [0.1, 0.15) is 71.1 Å². The van der Waals surface area contributed by atoms with Crippen LogP contribution in [0.5, 0.6) is 0 Å². The highest BCUT2D eigenvalue weighted by atomic mass is 16.5. The summed E-state index contributed by atoms with van der Waals surface area (Å²) in [4.78, 5) is 0. The molecule has 1 unspecified atom stereocenters. The monoisotopic (exact) mass is 259 g/mol. The van der Waals surface area contributed by atoms with E-state index in [4.69, 9.17) is 9.84 Å². The van der Waals surface area contributed by atoms with Crippen molar-refractivity contribution in [2.75, 3.05) is 19.8 Å². The third-order valence-corrected chi connectivity index (χ3v) is 3.14. The molecule has 0 aromatic carbocycles. The lowest BCUT2D eigenvalue weighted by molar-refractivity contribution is -0.0127. The normalized spacial score (nSPS) is 12.8. The summed E-state index contributed by atoms with van der Waals surface area (Å²) in [6.07, 6.45) is 12.3. The second kappa shape index (κ2) is 14.9. The lowest BCUT2D eigenvalue weighted by atomic mass is 10.1. The Labute approximate surface area is 113 Å². The Hall–Kier alpha value is -0.120. The Morgan fingerprint density at radius 1 is 0.889 bits per heavy atom. The smallest absolute Gasteiger partial charge is 0.110 e. The first-order valence-corrected chi connectivity index (χ1v) is 7.65. The largest absolute Gasteiger partial charge is 0.388 e. The van der Waals surface area contributed by atoms with E-state index >= 15 is 0 Å². The van der Waals surface area contributed by atoms with Crippen LogP contribution in [0.2, 0.25) is 0 Å². The van der Waals surface area contributed by atoms with Crippen LogP contribution in [0, 0.1) is 0 Å². The lowest BCUT2D eigenvalue weighted by Crippen LogP contribution is -2.18. The molecule has 0 heterocycles. The van der Waals surface area contributed by atoms with Gasteiger partial charge in [-0.15, -0.1) is 0 Å². The van der Waals surface area contributed by atoms with E-state index in [1.54, 1.807) is 0 Å². The second-order valence-electron chi connectivity index (χ2n) is 5.08. The van der Waals surface area contributed by atoms with Gasteiger partial charge in [-0.3, -0.25) is 0 Å². The molecule has 0 saturated carbocycles. The van der Waals surface area contributed by atoms with Crippen LogP contribution >= 0.6 is 0 Å². The Bertz CT molecular complexity index is 151. The van der Waals surface area contributed by atoms with Gasteiger partial charge in [0.25, 0.3) is 0 Å². The van der Waals surface area contributed by atoms with E-state index < -0.39 is 12.7 Å². The van der Waals surface area contributed by atoms with E-state index in [-0.39, 0.29) is 6.61 Å². The van der Waals surface area contributed by atoms with Gasteiger partial charge in [0.15, 0.2) is 0 Å². The van der Waals surface area contributed by atoms with Gasteiger partial charge in [0.05, 0.1) is 6.61 Å². The molecule has 0 aliphatic heterocycles. The number of rotatable bonds is 14. The van der Waals surface area contributed by atoms with Crippen LogP contribution < -0.4 is 0 Å². The zero-order valence-electron chi connectivity index (χ0n) is 12.0. The first-order valence-electron chi connectivity index (χ1n) is 7.65.